The minimum atomic E-state index is 1.28. The van der Waals surface area contributed by atoms with Gasteiger partial charge in [0.2, 0.25) is 0 Å². The first kappa shape index (κ1) is 17.9. The highest BCUT2D eigenvalue weighted by atomic mass is 14.1. The van der Waals surface area contributed by atoms with Gasteiger partial charge in [0.1, 0.15) is 0 Å². The Morgan fingerprint density at radius 1 is 0.346 bits per heavy atom. The Morgan fingerprint density at radius 3 is 0.846 bits per heavy atom. The molecule has 130 valence electrons. The lowest BCUT2D eigenvalue weighted by molar-refractivity contribution is 1.47. The van der Waals surface area contributed by atoms with Gasteiger partial charge in [-0.25, -0.2) is 0 Å². The third-order valence-electron chi connectivity index (χ3n) is 5.29. The second kappa shape index (κ2) is 8.01. The minimum Gasteiger partial charge on any atom is -0.0622 e. The molecule has 0 spiro atoms. The number of rotatable bonds is 4. The summed E-state index contributed by atoms with van der Waals surface area (Å²) in [6.07, 6.45) is 0. The number of benzene rings is 3. The van der Waals surface area contributed by atoms with Gasteiger partial charge >= 0.3 is 0 Å². The topological polar surface area (TPSA) is 0 Å². The van der Waals surface area contributed by atoms with Crippen molar-refractivity contribution in [3.05, 3.63) is 107 Å². The third-order valence-corrected chi connectivity index (χ3v) is 5.29. The van der Waals surface area contributed by atoms with Crippen molar-refractivity contribution in [3.63, 3.8) is 0 Å². The van der Waals surface area contributed by atoms with Crippen LogP contribution in [-0.4, -0.2) is 0 Å². The summed E-state index contributed by atoms with van der Waals surface area (Å²) in [4.78, 5) is 0. The maximum Gasteiger partial charge on any atom is -0.0224 e. The van der Waals surface area contributed by atoms with Crippen molar-refractivity contribution >= 4 is 22.3 Å². The summed E-state index contributed by atoms with van der Waals surface area (Å²) < 4.78 is 0. The zero-order chi connectivity index (χ0) is 18.5. The molecule has 0 aliphatic rings. The molecular formula is C26H26. The predicted octanol–water partition coefficient (Wildman–Crippen LogP) is 7.59. The summed E-state index contributed by atoms with van der Waals surface area (Å²) in [5.74, 6) is 0. The van der Waals surface area contributed by atoms with Crippen LogP contribution in [-0.2, 0) is 0 Å². The molecule has 0 aromatic heterocycles. The molecular weight excluding hydrogens is 312 g/mol. The van der Waals surface area contributed by atoms with Crippen molar-refractivity contribution < 1.29 is 0 Å². The Morgan fingerprint density at radius 2 is 0.577 bits per heavy atom. The molecule has 3 rings (SSSR count). The predicted molar refractivity (Wildman–Crippen MR) is 116 cm³/mol. The summed E-state index contributed by atoms with van der Waals surface area (Å²) in [7, 11) is 0. The minimum absolute atomic E-state index is 1.28. The van der Waals surface area contributed by atoms with Crippen LogP contribution in [0, 0.1) is 0 Å². The molecule has 3 aromatic rings. The fourth-order valence-corrected chi connectivity index (χ4v) is 3.21. The summed E-state index contributed by atoms with van der Waals surface area (Å²) in [5.41, 5.74) is 10.4. The monoisotopic (exact) mass is 338 g/mol. The maximum atomic E-state index is 2.24. The van der Waals surface area contributed by atoms with Gasteiger partial charge < -0.3 is 0 Å². The lowest BCUT2D eigenvalue weighted by Crippen LogP contribution is -1.89. The Kier molecular flexibility index (Phi) is 5.53. The summed E-state index contributed by atoms with van der Waals surface area (Å²) in [5, 5.41) is 0. The first-order chi connectivity index (χ1) is 12.6. The Balaban J connectivity index is 1.91. The maximum absolute atomic E-state index is 2.24. The van der Waals surface area contributed by atoms with Crippen LogP contribution in [0.4, 0.5) is 0 Å². The fourth-order valence-electron chi connectivity index (χ4n) is 3.21. The number of hydrogen-bond acceptors (Lipinski definition) is 0. The molecule has 0 heterocycles. The van der Waals surface area contributed by atoms with Gasteiger partial charge in [-0.15, -0.1) is 0 Å². The number of hydrogen-bond donors (Lipinski definition) is 0. The molecule has 3 aromatic carbocycles. The molecule has 0 aliphatic heterocycles. The van der Waals surface area contributed by atoms with E-state index < -0.39 is 0 Å². The van der Waals surface area contributed by atoms with E-state index in [-0.39, 0.29) is 0 Å². The molecule has 0 heteroatoms. The summed E-state index contributed by atoms with van der Waals surface area (Å²) in [6.45, 7) is 8.80. The van der Waals surface area contributed by atoms with Crippen molar-refractivity contribution in [2.45, 2.75) is 27.7 Å². The lowest BCUT2D eigenvalue weighted by atomic mass is 9.93. The van der Waals surface area contributed by atoms with Crippen molar-refractivity contribution in [2.24, 2.45) is 0 Å². The highest BCUT2D eigenvalue weighted by molar-refractivity contribution is 5.91. The van der Waals surface area contributed by atoms with Gasteiger partial charge in [-0.1, -0.05) is 84.9 Å². The van der Waals surface area contributed by atoms with Gasteiger partial charge in [0.05, 0.1) is 0 Å². The second-order valence-electron chi connectivity index (χ2n) is 6.81. The van der Waals surface area contributed by atoms with Crippen molar-refractivity contribution in [1.29, 1.82) is 0 Å². The Labute approximate surface area is 157 Å². The highest BCUT2D eigenvalue weighted by Gasteiger charge is 2.06. The Hall–Kier alpha value is -2.86. The summed E-state index contributed by atoms with van der Waals surface area (Å²) in [6, 6.07) is 30.1. The summed E-state index contributed by atoms with van der Waals surface area (Å²) >= 11 is 0. The van der Waals surface area contributed by atoms with Gasteiger partial charge in [0.25, 0.3) is 0 Å². The average molecular weight is 338 g/mol. The van der Waals surface area contributed by atoms with Gasteiger partial charge in [-0.05, 0) is 72.2 Å². The van der Waals surface area contributed by atoms with Crippen molar-refractivity contribution in [2.75, 3.05) is 0 Å². The first-order valence-corrected chi connectivity index (χ1v) is 9.14. The van der Waals surface area contributed by atoms with E-state index in [0.717, 1.165) is 0 Å². The third kappa shape index (κ3) is 3.86. The van der Waals surface area contributed by atoms with Gasteiger partial charge in [-0.3, -0.25) is 0 Å². The number of allylic oxidation sites excluding steroid dienone is 4. The molecule has 0 atom stereocenters. The van der Waals surface area contributed by atoms with E-state index in [0.29, 0.717) is 0 Å². The quantitative estimate of drug-likeness (QED) is 0.430. The Bertz CT molecular complexity index is 844. The van der Waals surface area contributed by atoms with Crippen LogP contribution in [0.5, 0.6) is 0 Å². The van der Waals surface area contributed by atoms with Gasteiger partial charge in [0.15, 0.2) is 0 Å². The molecule has 0 saturated heterocycles. The van der Waals surface area contributed by atoms with E-state index in [1.165, 1.54) is 44.5 Å². The molecule has 0 saturated carbocycles. The second-order valence-corrected chi connectivity index (χ2v) is 6.81. The molecule has 0 fully saturated rings. The zero-order valence-corrected chi connectivity index (χ0v) is 16.1. The lowest BCUT2D eigenvalue weighted by Gasteiger charge is -2.12. The van der Waals surface area contributed by atoms with Crippen LogP contribution in [0.15, 0.2) is 84.9 Å². The van der Waals surface area contributed by atoms with Crippen LogP contribution >= 0.6 is 0 Å². The van der Waals surface area contributed by atoms with Crippen LogP contribution < -0.4 is 0 Å². The standard InChI is InChI=1S/C26H26/c1-19(23-11-7-5-8-12-23)21(3)25-15-17-26(18-16-25)22(4)20(2)24-13-9-6-10-14-24/h5-18H,1-4H3/b21-19+,22-20+. The SMILES string of the molecule is C/C(=C(/C)c1ccc(/C(C)=C(\C)c2ccccc2)cc1)c1ccccc1. The van der Waals surface area contributed by atoms with Crippen molar-refractivity contribution in [1.82, 2.24) is 0 Å². The molecule has 0 amide bonds. The molecule has 0 radical (unpaired) electrons. The fraction of sp³-hybridized carbons (Fsp3) is 0.154. The molecule has 26 heavy (non-hydrogen) atoms. The highest BCUT2D eigenvalue weighted by Crippen LogP contribution is 2.29. The average Bonchev–Trinajstić information content (AvgIpc) is 2.73. The van der Waals surface area contributed by atoms with Crippen LogP contribution in [0.1, 0.15) is 49.9 Å². The van der Waals surface area contributed by atoms with E-state index in [2.05, 4.69) is 113 Å². The molecule has 0 nitrogen and oxygen atoms in total. The normalized spacial score (nSPS) is 13.1. The van der Waals surface area contributed by atoms with Crippen LogP contribution in [0.25, 0.3) is 22.3 Å². The molecule has 0 unspecified atom stereocenters. The van der Waals surface area contributed by atoms with Crippen LogP contribution in [0.2, 0.25) is 0 Å². The molecule has 0 bridgehead atoms. The van der Waals surface area contributed by atoms with Gasteiger partial charge in [-0.2, -0.15) is 0 Å². The molecule has 0 aliphatic carbocycles. The van der Waals surface area contributed by atoms with Crippen LogP contribution in [0.3, 0.4) is 0 Å². The van der Waals surface area contributed by atoms with E-state index in [1.807, 2.05) is 0 Å². The zero-order valence-electron chi connectivity index (χ0n) is 16.1. The first-order valence-electron chi connectivity index (χ1n) is 9.14. The van der Waals surface area contributed by atoms with Crippen molar-refractivity contribution in [3.8, 4) is 0 Å². The van der Waals surface area contributed by atoms with E-state index in [1.54, 1.807) is 0 Å². The molecule has 0 N–H and O–H groups in total. The van der Waals surface area contributed by atoms with E-state index in [9.17, 15) is 0 Å². The van der Waals surface area contributed by atoms with E-state index >= 15 is 0 Å². The van der Waals surface area contributed by atoms with Gasteiger partial charge in [0, 0.05) is 0 Å². The smallest absolute Gasteiger partial charge is 0.0224 e. The largest absolute Gasteiger partial charge is 0.0622 e. The van der Waals surface area contributed by atoms with E-state index in [4.69, 9.17) is 0 Å².